The Kier molecular flexibility index (Phi) is 7.37. The molecule has 2 aliphatic rings. The molecule has 0 radical (unpaired) electrons. The normalized spacial score (nSPS) is 16.3. The van der Waals surface area contributed by atoms with E-state index >= 15 is 0 Å². The number of nitrogens with one attached hydrogen (secondary N) is 1. The van der Waals surface area contributed by atoms with E-state index in [9.17, 15) is 14.4 Å². The number of anilines is 1. The predicted molar refractivity (Wildman–Crippen MR) is 127 cm³/mol. The topological polar surface area (TPSA) is 71.8 Å². The monoisotopic (exact) mass is 467 g/mol. The summed E-state index contributed by atoms with van der Waals surface area (Å²) in [5.74, 6) is 0.417. The molecule has 4 rings (SSSR count). The van der Waals surface area contributed by atoms with Gasteiger partial charge in [0, 0.05) is 31.7 Å². The van der Waals surface area contributed by atoms with Crippen molar-refractivity contribution in [1.29, 1.82) is 5.26 Å². The summed E-state index contributed by atoms with van der Waals surface area (Å²) in [5.41, 5.74) is 2.64. The van der Waals surface area contributed by atoms with Gasteiger partial charge in [0.05, 0.1) is 35.4 Å². The van der Waals surface area contributed by atoms with Gasteiger partial charge in [-0.25, -0.2) is 14.2 Å². The van der Waals surface area contributed by atoms with Crippen molar-refractivity contribution >= 4 is 29.7 Å². The standard InChI is InChI=1S/C24H26FN5O2S/c1-2-32-20-8-9-22-19(15-20)14-18(16-26)17-30(22)29-11-5-10-28(12-13-29)24(31)27-33-23-7-4-3-6-21(23)25/h3-4,6-9,14-15H,2,5,10-13,17H2,1H3,(H,27,31). The second-order valence-corrected chi connectivity index (χ2v) is 8.57. The summed E-state index contributed by atoms with van der Waals surface area (Å²) in [4.78, 5) is 14.8. The van der Waals surface area contributed by atoms with E-state index < -0.39 is 0 Å². The molecule has 0 spiro atoms. The lowest BCUT2D eigenvalue weighted by molar-refractivity contribution is 0.203. The molecular weight excluding hydrogens is 441 g/mol. The molecule has 0 atom stereocenters. The number of fused-ring (bicyclic) bond motifs is 1. The number of ether oxygens (including phenoxy) is 1. The Balaban J connectivity index is 1.42. The number of nitriles is 1. The summed E-state index contributed by atoms with van der Waals surface area (Å²) in [7, 11) is 0. The molecule has 0 saturated carbocycles. The van der Waals surface area contributed by atoms with Gasteiger partial charge < -0.3 is 9.64 Å². The van der Waals surface area contributed by atoms with E-state index in [4.69, 9.17) is 4.74 Å². The fourth-order valence-electron chi connectivity index (χ4n) is 3.98. The van der Waals surface area contributed by atoms with E-state index in [1.54, 1.807) is 23.1 Å². The van der Waals surface area contributed by atoms with Crippen LogP contribution in [0.2, 0.25) is 0 Å². The van der Waals surface area contributed by atoms with Crippen LogP contribution in [0.15, 0.2) is 52.9 Å². The number of hydrogen-bond donors (Lipinski definition) is 1. The Labute approximate surface area is 197 Å². The van der Waals surface area contributed by atoms with Crippen molar-refractivity contribution < 1.29 is 13.9 Å². The van der Waals surface area contributed by atoms with E-state index in [0.717, 1.165) is 41.9 Å². The first kappa shape index (κ1) is 23.0. The first-order valence-electron chi connectivity index (χ1n) is 10.9. The third-order valence-corrected chi connectivity index (χ3v) is 6.40. The predicted octanol–water partition coefficient (Wildman–Crippen LogP) is 4.29. The lowest BCUT2D eigenvalue weighted by atomic mass is 10.0. The van der Waals surface area contributed by atoms with Gasteiger partial charge in [0.1, 0.15) is 11.6 Å². The number of benzene rings is 2. The number of urea groups is 1. The largest absolute Gasteiger partial charge is 0.494 e. The molecule has 2 heterocycles. The molecular formula is C24H26FN5O2S. The number of nitrogens with zero attached hydrogens (tertiary/aromatic N) is 4. The molecule has 1 saturated heterocycles. The number of rotatable bonds is 5. The smallest absolute Gasteiger partial charge is 0.327 e. The number of carbonyl (C=O) groups is 1. The zero-order valence-corrected chi connectivity index (χ0v) is 19.3. The van der Waals surface area contributed by atoms with E-state index in [1.165, 1.54) is 6.07 Å². The Bertz CT molecular complexity index is 1090. The number of hydrogen-bond acceptors (Lipinski definition) is 6. The molecule has 0 unspecified atom stereocenters. The molecule has 7 nitrogen and oxygen atoms in total. The zero-order chi connectivity index (χ0) is 23.2. The third kappa shape index (κ3) is 5.41. The highest BCUT2D eigenvalue weighted by Crippen LogP contribution is 2.33. The first-order chi connectivity index (χ1) is 16.1. The summed E-state index contributed by atoms with van der Waals surface area (Å²) in [5, 5.41) is 13.9. The second kappa shape index (κ2) is 10.6. The maximum atomic E-state index is 13.8. The molecule has 172 valence electrons. The average Bonchev–Trinajstić information content (AvgIpc) is 3.09. The van der Waals surface area contributed by atoms with Crippen LogP contribution in [0.1, 0.15) is 18.9 Å². The lowest BCUT2D eigenvalue weighted by Crippen LogP contribution is -2.47. The number of halogens is 1. The van der Waals surface area contributed by atoms with Crippen molar-refractivity contribution in [2.75, 3.05) is 44.3 Å². The van der Waals surface area contributed by atoms with Gasteiger partial charge in [-0.05, 0) is 61.7 Å². The van der Waals surface area contributed by atoms with Gasteiger partial charge in [-0.3, -0.25) is 9.73 Å². The van der Waals surface area contributed by atoms with Gasteiger partial charge >= 0.3 is 6.03 Å². The Morgan fingerprint density at radius 3 is 2.85 bits per heavy atom. The van der Waals surface area contributed by atoms with Crippen LogP contribution >= 0.6 is 11.9 Å². The highest BCUT2D eigenvalue weighted by molar-refractivity contribution is 7.98. The summed E-state index contributed by atoms with van der Waals surface area (Å²) < 4.78 is 22.2. The SMILES string of the molecule is CCOc1ccc2c(c1)C=C(C#N)CN2N1CCCN(C(=O)NSc2ccccc2F)CC1. The van der Waals surface area contributed by atoms with E-state index in [2.05, 4.69) is 20.8 Å². The summed E-state index contributed by atoms with van der Waals surface area (Å²) >= 11 is 0.988. The highest BCUT2D eigenvalue weighted by atomic mass is 32.2. The summed E-state index contributed by atoms with van der Waals surface area (Å²) in [6.45, 7) is 5.53. The van der Waals surface area contributed by atoms with Crippen molar-refractivity contribution in [3.63, 3.8) is 0 Å². The average molecular weight is 468 g/mol. The van der Waals surface area contributed by atoms with Crippen LogP contribution in [-0.4, -0.2) is 55.3 Å². The first-order valence-corrected chi connectivity index (χ1v) is 11.8. The van der Waals surface area contributed by atoms with E-state index in [-0.39, 0.29) is 11.8 Å². The van der Waals surface area contributed by atoms with Crippen LogP contribution in [-0.2, 0) is 0 Å². The van der Waals surface area contributed by atoms with Gasteiger partial charge in [0.15, 0.2) is 0 Å². The molecule has 0 aromatic heterocycles. The fourth-order valence-corrected chi connectivity index (χ4v) is 4.62. The molecule has 2 aliphatic heterocycles. The number of carbonyl (C=O) groups excluding carboxylic acids is 1. The van der Waals surface area contributed by atoms with Crippen LogP contribution in [0.25, 0.3) is 6.08 Å². The highest BCUT2D eigenvalue weighted by Gasteiger charge is 2.27. The van der Waals surface area contributed by atoms with E-state index in [0.29, 0.717) is 43.3 Å². The number of amides is 2. The molecule has 33 heavy (non-hydrogen) atoms. The zero-order valence-electron chi connectivity index (χ0n) is 18.5. The molecule has 1 fully saturated rings. The van der Waals surface area contributed by atoms with Crippen molar-refractivity contribution in [3.05, 3.63) is 59.4 Å². The van der Waals surface area contributed by atoms with Crippen LogP contribution in [0, 0.1) is 17.1 Å². The minimum Gasteiger partial charge on any atom is -0.494 e. The Hall–Kier alpha value is -3.22. The van der Waals surface area contributed by atoms with Crippen LogP contribution < -0.4 is 14.5 Å². The molecule has 1 N–H and O–H groups in total. The third-order valence-electron chi connectivity index (χ3n) is 5.57. The molecule has 2 amide bonds. The molecule has 2 aromatic carbocycles. The van der Waals surface area contributed by atoms with Crippen LogP contribution in [0.5, 0.6) is 5.75 Å². The van der Waals surface area contributed by atoms with Crippen molar-refractivity contribution in [1.82, 2.24) is 14.6 Å². The van der Waals surface area contributed by atoms with Gasteiger partial charge in [-0.15, -0.1) is 0 Å². The van der Waals surface area contributed by atoms with E-state index in [1.807, 2.05) is 31.2 Å². The van der Waals surface area contributed by atoms with Gasteiger partial charge in [-0.1, -0.05) is 12.1 Å². The van der Waals surface area contributed by atoms with Crippen LogP contribution in [0.4, 0.5) is 14.9 Å². The number of hydrazine groups is 1. The minimum absolute atomic E-state index is 0.233. The maximum Gasteiger partial charge on any atom is 0.327 e. The summed E-state index contributed by atoms with van der Waals surface area (Å²) in [6.07, 6.45) is 2.69. The van der Waals surface area contributed by atoms with Gasteiger partial charge in [0.2, 0.25) is 0 Å². The van der Waals surface area contributed by atoms with Crippen molar-refractivity contribution in [2.24, 2.45) is 0 Å². The summed E-state index contributed by atoms with van der Waals surface area (Å²) in [6, 6.07) is 14.3. The second-order valence-electron chi connectivity index (χ2n) is 7.73. The quantitative estimate of drug-likeness (QED) is 0.662. The van der Waals surface area contributed by atoms with Gasteiger partial charge in [0.25, 0.3) is 0 Å². The minimum atomic E-state index is -0.359. The lowest BCUT2D eigenvalue weighted by Gasteiger charge is -2.38. The Morgan fingerprint density at radius 2 is 2.06 bits per heavy atom. The molecule has 0 aliphatic carbocycles. The molecule has 2 aromatic rings. The Morgan fingerprint density at radius 1 is 1.21 bits per heavy atom. The maximum absolute atomic E-state index is 13.8. The van der Waals surface area contributed by atoms with Gasteiger partial charge in [-0.2, -0.15) is 5.26 Å². The molecule has 0 bridgehead atoms. The fraction of sp³-hybridized carbons (Fsp3) is 0.333. The van der Waals surface area contributed by atoms with Crippen molar-refractivity contribution in [2.45, 2.75) is 18.2 Å². The van der Waals surface area contributed by atoms with Crippen LogP contribution in [0.3, 0.4) is 0 Å². The van der Waals surface area contributed by atoms with Crippen molar-refractivity contribution in [3.8, 4) is 11.8 Å². The molecule has 9 heteroatoms.